The first-order chi connectivity index (χ1) is 9.66. The normalized spacial score (nSPS) is 10.8. The average Bonchev–Trinajstić information content (AvgIpc) is 2.84. The van der Waals surface area contributed by atoms with Gasteiger partial charge in [0.2, 0.25) is 0 Å². The minimum absolute atomic E-state index is 0.363. The van der Waals surface area contributed by atoms with Gasteiger partial charge >= 0.3 is 5.97 Å². The summed E-state index contributed by atoms with van der Waals surface area (Å²) in [6, 6.07) is 15.4. The molecule has 0 amide bonds. The summed E-state index contributed by atoms with van der Waals surface area (Å²) in [5, 5.41) is 10.5. The molecule has 1 aromatic heterocycles. The highest BCUT2D eigenvalue weighted by molar-refractivity contribution is 5.89. The van der Waals surface area contributed by atoms with Gasteiger partial charge in [-0.2, -0.15) is 0 Å². The first-order valence-electron chi connectivity index (χ1n) is 6.52. The second kappa shape index (κ2) is 4.85. The lowest BCUT2D eigenvalue weighted by Gasteiger charge is -2.09. The molecule has 1 N–H and O–H groups in total. The van der Waals surface area contributed by atoms with Crippen LogP contribution in [-0.4, -0.2) is 15.6 Å². The molecule has 3 heteroatoms. The van der Waals surface area contributed by atoms with E-state index >= 15 is 0 Å². The molecule has 0 aliphatic carbocycles. The highest BCUT2D eigenvalue weighted by Crippen LogP contribution is 2.21. The second-order valence-electron chi connectivity index (χ2n) is 4.91. The first-order valence-corrected chi connectivity index (χ1v) is 6.52. The summed E-state index contributed by atoms with van der Waals surface area (Å²) >= 11 is 0. The van der Waals surface area contributed by atoms with E-state index < -0.39 is 5.97 Å². The van der Waals surface area contributed by atoms with Crippen LogP contribution in [0.5, 0.6) is 0 Å². The van der Waals surface area contributed by atoms with E-state index in [9.17, 15) is 9.90 Å². The number of aromatic carboxylic acids is 1. The maximum atomic E-state index is 11.3. The summed E-state index contributed by atoms with van der Waals surface area (Å²) in [5.74, 6) is -0.881. The van der Waals surface area contributed by atoms with Crippen LogP contribution in [-0.2, 0) is 6.54 Å². The molecule has 3 aromatic rings. The van der Waals surface area contributed by atoms with Gasteiger partial charge in [-0.3, -0.25) is 0 Å². The number of fused-ring (bicyclic) bond motifs is 1. The lowest BCUT2D eigenvalue weighted by atomic mass is 10.1. The van der Waals surface area contributed by atoms with E-state index in [0.717, 1.165) is 11.1 Å². The van der Waals surface area contributed by atoms with Gasteiger partial charge in [-0.05, 0) is 36.2 Å². The van der Waals surface area contributed by atoms with Crippen LogP contribution in [0.1, 0.15) is 21.5 Å². The molecular weight excluding hydrogens is 250 g/mol. The van der Waals surface area contributed by atoms with Gasteiger partial charge in [0, 0.05) is 23.6 Å². The number of hydrogen-bond acceptors (Lipinski definition) is 1. The number of aromatic nitrogens is 1. The Bertz CT molecular complexity index is 787. The molecule has 0 atom stereocenters. The maximum absolute atomic E-state index is 11.3. The minimum atomic E-state index is -0.881. The third kappa shape index (κ3) is 2.07. The van der Waals surface area contributed by atoms with Crippen LogP contribution in [0.15, 0.2) is 54.7 Å². The van der Waals surface area contributed by atoms with E-state index in [2.05, 4.69) is 29.7 Å². The fraction of sp³-hybridized carbons (Fsp3) is 0.118. The molecule has 100 valence electrons. The molecule has 0 spiro atoms. The lowest BCUT2D eigenvalue weighted by molar-refractivity contribution is 0.0695. The highest BCUT2D eigenvalue weighted by atomic mass is 16.4. The second-order valence-corrected chi connectivity index (χ2v) is 4.91. The Morgan fingerprint density at radius 2 is 1.90 bits per heavy atom. The smallest absolute Gasteiger partial charge is 0.336 e. The van der Waals surface area contributed by atoms with Crippen LogP contribution >= 0.6 is 0 Å². The summed E-state index contributed by atoms with van der Waals surface area (Å²) in [5.41, 5.74) is 3.54. The number of carboxylic acid groups (broad SMARTS) is 1. The first kappa shape index (κ1) is 12.5. The molecule has 0 unspecified atom stereocenters. The molecule has 0 radical (unpaired) electrons. The van der Waals surface area contributed by atoms with E-state index in [1.807, 2.05) is 24.4 Å². The summed E-state index contributed by atoms with van der Waals surface area (Å²) in [7, 11) is 0. The van der Waals surface area contributed by atoms with E-state index in [0.29, 0.717) is 12.1 Å². The van der Waals surface area contributed by atoms with Crippen molar-refractivity contribution < 1.29 is 9.90 Å². The van der Waals surface area contributed by atoms with Gasteiger partial charge in [0.15, 0.2) is 0 Å². The van der Waals surface area contributed by atoms with E-state index in [4.69, 9.17) is 0 Å². The molecule has 0 saturated heterocycles. The van der Waals surface area contributed by atoms with Gasteiger partial charge in [-0.25, -0.2) is 4.79 Å². The molecular formula is C17H15NO2. The monoisotopic (exact) mass is 265 g/mol. The molecule has 0 saturated carbocycles. The fourth-order valence-corrected chi connectivity index (χ4v) is 2.57. The standard InChI is InChI=1S/C17H15NO2/c1-12-5-4-8-16-14(12)9-10-18(16)11-13-6-2-3-7-15(13)17(19)20/h2-10H,11H2,1H3,(H,19,20). The Balaban J connectivity index is 2.06. The van der Waals surface area contributed by atoms with Crippen LogP contribution < -0.4 is 0 Å². The van der Waals surface area contributed by atoms with Gasteiger partial charge in [-0.15, -0.1) is 0 Å². The third-order valence-electron chi connectivity index (χ3n) is 3.62. The number of nitrogens with zero attached hydrogens (tertiary/aromatic N) is 1. The van der Waals surface area contributed by atoms with Gasteiger partial charge in [0.05, 0.1) is 5.56 Å². The minimum Gasteiger partial charge on any atom is -0.478 e. The van der Waals surface area contributed by atoms with Gasteiger partial charge in [0.1, 0.15) is 0 Å². The fourth-order valence-electron chi connectivity index (χ4n) is 2.57. The SMILES string of the molecule is Cc1cccc2c1ccn2Cc1ccccc1C(=O)O. The summed E-state index contributed by atoms with van der Waals surface area (Å²) < 4.78 is 2.09. The molecule has 0 aliphatic heterocycles. The molecule has 20 heavy (non-hydrogen) atoms. The quantitative estimate of drug-likeness (QED) is 0.784. The molecule has 3 rings (SSSR count). The molecule has 1 heterocycles. The van der Waals surface area contributed by atoms with Crippen molar-refractivity contribution in [2.24, 2.45) is 0 Å². The van der Waals surface area contributed by atoms with Crippen LogP contribution in [0.25, 0.3) is 10.9 Å². The summed E-state index contributed by atoms with van der Waals surface area (Å²) in [6.07, 6.45) is 2.01. The third-order valence-corrected chi connectivity index (χ3v) is 3.62. The highest BCUT2D eigenvalue weighted by Gasteiger charge is 2.10. The zero-order valence-electron chi connectivity index (χ0n) is 11.2. The summed E-state index contributed by atoms with van der Waals surface area (Å²) in [6.45, 7) is 2.65. The molecule has 3 nitrogen and oxygen atoms in total. The number of carboxylic acids is 1. The van der Waals surface area contributed by atoms with Crippen molar-refractivity contribution in [3.8, 4) is 0 Å². The number of benzene rings is 2. The van der Waals surface area contributed by atoms with E-state index in [1.165, 1.54) is 10.9 Å². The van der Waals surface area contributed by atoms with Crippen LogP contribution in [0, 0.1) is 6.92 Å². The van der Waals surface area contributed by atoms with E-state index in [1.54, 1.807) is 12.1 Å². The topological polar surface area (TPSA) is 42.2 Å². The van der Waals surface area contributed by atoms with Crippen molar-refractivity contribution in [2.75, 3.05) is 0 Å². The molecule has 0 aliphatic rings. The number of hydrogen-bond donors (Lipinski definition) is 1. The van der Waals surface area contributed by atoms with Crippen molar-refractivity contribution in [3.63, 3.8) is 0 Å². The van der Waals surface area contributed by atoms with Crippen molar-refractivity contribution >= 4 is 16.9 Å². The van der Waals surface area contributed by atoms with Crippen molar-refractivity contribution in [3.05, 3.63) is 71.4 Å². The Labute approximate surface area is 117 Å². The largest absolute Gasteiger partial charge is 0.478 e. The predicted molar refractivity (Wildman–Crippen MR) is 79.2 cm³/mol. The predicted octanol–water partition coefficient (Wildman–Crippen LogP) is 3.70. The molecule has 2 aromatic carbocycles. The molecule has 0 bridgehead atoms. The maximum Gasteiger partial charge on any atom is 0.336 e. The Hall–Kier alpha value is -2.55. The van der Waals surface area contributed by atoms with Gasteiger partial charge in [-0.1, -0.05) is 30.3 Å². The van der Waals surface area contributed by atoms with Crippen LogP contribution in [0.3, 0.4) is 0 Å². The van der Waals surface area contributed by atoms with Crippen molar-refractivity contribution in [1.29, 1.82) is 0 Å². The Kier molecular flexibility index (Phi) is 3.03. The van der Waals surface area contributed by atoms with Gasteiger partial charge in [0.25, 0.3) is 0 Å². The molecule has 0 fully saturated rings. The van der Waals surface area contributed by atoms with E-state index in [-0.39, 0.29) is 0 Å². The van der Waals surface area contributed by atoms with Gasteiger partial charge < -0.3 is 9.67 Å². The number of carbonyl (C=O) groups is 1. The lowest BCUT2D eigenvalue weighted by Crippen LogP contribution is -2.06. The summed E-state index contributed by atoms with van der Waals surface area (Å²) in [4.78, 5) is 11.3. The zero-order chi connectivity index (χ0) is 14.1. The van der Waals surface area contributed by atoms with Crippen LogP contribution in [0.4, 0.5) is 0 Å². The van der Waals surface area contributed by atoms with Crippen LogP contribution in [0.2, 0.25) is 0 Å². The number of aryl methyl sites for hydroxylation is 1. The Morgan fingerprint density at radius 1 is 1.10 bits per heavy atom. The van der Waals surface area contributed by atoms with Crippen molar-refractivity contribution in [1.82, 2.24) is 4.57 Å². The average molecular weight is 265 g/mol. The number of rotatable bonds is 3. The van der Waals surface area contributed by atoms with Crippen molar-refractivity contribution in [2.45, 2.75) is 13.5 Å². The Morgan fingerprint density at radius 3 is 2.70 bits per heavy atom. The zero-order valence-corrected chi connectivity index (χ0v) is 11.2.